The Morgan fingerprint density at radius 2 is 0.929 bits per heavy atom. The lowest BCUT2D eigenvalue weighted by molar-refractivity contribution is 0.661. The van der Waals surface area contributed by atoms with E-state index in [2.05, 4.69) is 196 Å². The molecule has 0 aliphatic heterocycles. The van der Waals surface area contributed by atoms with Gasteiger partial charge in [0.05, 0.1) is 0 Å². The molecule has 1 aliphatic rings. The van der Waals surface area contributed by atoms with E-state index in [0.29, 0.717) is 0 Å². The van der Waals surface area contributed by atoms with Gasteiger partial charge in [-0.05, 0) is 118 Å². The van der Waals surface area contributed by atoms with Crippen LogP contribution in [0.4, 0.5) is 0 Å². The molecule has 0 saturated carbocycles. The number of rotatable bonds is 3. The van der Waals surface area contributed by atoms with Crippen molar-refractivity contribution >= 4 is 65.0 Å². The Morgan fingerprint density at radius 1 is 0.339 bits per heavy atom. The van der Waals surface area contributed by atoms with Crippen molar-refractivity contribution in [2.75, 3.05) is 0 Å². The summed E-state index contributed by atoms with van der Waals surface area (Å²) in [5.41, 5.74) is 14.6. The van der Waals surface area contributed by atoms with Crippen LogP contribution in [-0.4, -0.2) is 0 Å². The monoisotopic (exact) mass is 712 g/mol. The molecule has 0 radical (unpaired) electrons. The molecule has 56 heavy (non-hydrogen) atoms. The standard InChI is InChI=1S/C55H36O/c1-55(2)46-28-26-36(32-45(46)53-47(55)29-25-34-27-30-49-54(51(34)53)44-22-9-10-24-48(44)56-49)35-15-11-16-37(31-35)50-40-18-5-7-20-42(40)52(43-21-8-6-19-41(43)50)39-23-12-14-33-13-3-4-17-38(33)39/h3-32H,1-2H3. The van der Waals surface area contributed by atoms with Gasteiger partial charge in [-0.15, -0.1) is 0 Å². The summed E-state index contributed by atoms with van der Waals surface area (Å²) in [6.07, 6.45) is 0. The van der Waals surface area contributed by atoms with Crippen LogP contribution < -0.4 is 0 Å². The van der Waals surface area contributed by atoms with Crippen molar-refractivity contribution in [3.63, 3.8) is 0 Å². The third kappa shape index (κ3) is 4.31. The molecule has 10 aromatic carbocycles. The van der Waals surface area contributed by atoms with E-state index >= 15 is 0 Å². The van der Waals surface area contributed by atoms with Crippen LogP contribution in [0.5, 0.6) is 0 Å². The summed E-state index contributed by atoms with van der Waals surface area (Å²) in [7, 11) is 0. The van der Waals surface area contributed by atoms with E-state index in [4.69, 9.17) is 4.42 Å². The fourth-order valence-corrected chi connectivity index (χ4v) is 10.1. The van der Waals surface area contributed by atoms with Crippen molar-refractivity contribution in [2.24, 2.45) is 0 Å². The van der Waals surface area contributed by atoms with Crippen LogP contribution in [0.15, 0.2) is 186 Å². The fraction of sp³-hybridized carbons (Fsp3) is 0.0545. The molecule has 1 aromatic heterocycles. The molecular formula is C55H36O. The zero-order valence-corrected chi connectivity index (χ0v) is 31.2. The molecule has 0 unspecified atom stereocenters. The first-order valence-electron chi connectivity index (χ1n) is 19.6. The number of fused-ring (bicyclic) bond motifs is 12. The minimum atomic E-state index is -0.134. The predicted molar refractivity (Wildman–Crippen MR) is 238 cm³/mol. The molecule has 262 valence electrons. The summed E-state index contributed by atoms with van der Waals surface area (Å²) in [6.45, 7) is 4.74. The van der Waals surface area contributed by atoms with Gasteiger partial charge in [-0.3, -0.25) is 0 Å². The number of hydrogen-bond acceptors (Lipinski definition) is 1. The third-order valence-electron chi connectivity index (χ3n) is 12.6. The Labute approximate surface area is 325 Å². The van der Waals surface area contributed by atoms with Gasteiger partial charge in [0.2, 0.25) is 0 Å². The SMILES string of the molecule is CC1(C)c2ccc(-c3cccc(-c4c5ccccc5c(-c5cccc6ccccc56)c5ccccc45)c3)cc2-c2c1ccc1ccc3oc4ccccc4c3c21. The third-order valence-corrected chi connectivity index (χ3v) is 12.6. The van der Waals surface area contributed by atoms with Crippen LogP contribution in [0.2, 0.25) is 0 Å². The van der Waals surface area contributed by atoms with Crippen LogP contribution in [0.1, 0.15) is 25.0 Å². The molecule has 1 heterocycles. The zero-order valence-electron chi connectivity index (χ0n) is 31.2. The fourth-order valence-electron chi connectivity index (χ4n) is 10.1. The van der Waals surface area contributed by atoms with Gasteiger partial charge in [-0.1, -0.05) is 172 Å². The lowest BCUT2D eigenvalue weighted by Gasteiger charge is -2.22. The van der Waals surface area contributed by atoms with Gasteiger partial charge in [0.25, 0.3) is 0 Å². The van der Waals surface area contributed by atoms with E-state index in [1.54, 1.807) is 0 Å². The average molecular weight is 713 g/mol. The second-order valence-corrected chi connectivity index (χ2v) is 16.0. The van der Waals surface area contributed by atoms with Gasteiger partial charge < -0.3 is 4.42 Å². The molecule has 0 fully saturated rings. The van der Waals surface area contributed by atoms with Crippen LogP contribution in [0.3, 0.4) is 0 Å². The summed E-state index contributed by atoms with van der Waals surface area (Å²) < 4.78 is 6.42. The van der Waals surface area contributed by atoms with Gasteiger partial charge in [0.15, 0.2) is 0 Å². The molecule has 12 rings (SSSR count). The van der Waals surface area contributed by atoms with E-state index < -0.39 is 0 Å². The number of benzene rings is 10. The van der Waals surface area contributed by atoms with E-state index in [9.17, 15) is 0 Å². The minimum Gasteiger partial charge on any atom is -0.456 e. The summed E-state index contributed by atoms with van der Waals surface area (Å²) in [5, 5.41) is 12.5. The molecule has 1 nitrogen and oxygen atoms in total. The largest absolute Gasteiger partial charge is 0.456 e. The topological polar surface area (TPSA) is 13.1 Å². The summed E-state index contributed by atoms with van der Waals surface area (Å²) in [5.74, 6) is 0. The highest BCUT2D eigenvalue weighted by molar-refractivity contribution is 6.25. The van der Waals surface area contributed by atoms with E-state index in [1.807, 2.05) is 0 Å². The summed E-state index contributed by atoms with van der Waals surface area (Å²) >= 11 is 0. The van der Waals surface area contributed by atoms with Crippen molar-refractivity contribution in [3.8, 4) is 44.5 Å². The molecule has 0 spiro atoms. The first kappa shape index (κ1) is 31.4. The van der Waals surface area contributed by atoms with Gasteiger partial charge >= 0.3 is 0 Å². The van der Waals surface area contributed by atoms with Crippen LogP contribution in [-0.2, 0) is 5.41 Å². The number of para-hydroxylation sites is 1. The highest BCUT2D eigenvalue weighted by Gasteiger charge is 2.37. The predicted octanol–water partition coefficient (Wildman–Crippen LogP) is 15.5. The molecule has 0 bridgehead atoms. The van der Waals surface area contributed by atoms with Crippen molar-refractivity contribution < 1.29 is 4.42 Å². The smallest absolute Gasteiger partial charge is 0.136 e. The maximum Gasteiger partial charge on any atom is 0.136 e. The molecular weight excluding hydrogens is 677 g/mol. The molecule has 1 heteroatoms. The van der Waals surface area contributed by atoms with Gasteiger partial charge in [-0.25, -0.2) is 0 Å². The van der Waals surface area contributed by atoms with Crippen molar-refractivity contribution in [1.29, 1.82) is 0 Å². The molecule has 0 N–H and O–H groups in total. The van der Waals surface area contributed by atoms with Gasteiger partial charge in [0, 0.05) is 21.6 Å². The first-order chi connectivity index (χ1) is 27.5. The van der Waals surface area contributed by atoms with E-state index in [1.165, 1.54) is 109 Å². The zero-order chi connectivity index (χ0) is 37.1. The van der Waals surface area contributed by atoms with Crippen LogP contribution in [0, 0.1) is 0 Å². The Morgan fingerprint density at radius 3 is 1.71 bits per heavy atom. The molecule has 0 atom stereocenters. The number of furan rings is 1. The Bertz CT molecular complexity index is 3390. The lowest BCUT2D eigenvalue weighted by atomic mass is 9.81. The van der Waals surface area contributed by atoms with E-state index in [0.717, 1.165) is 11.2 Å². The van der Waals surface area contributed by atoms with Crippen LogP contribution in [0.25, 0.3) is 110 Å². The van der Waals surface area contributed by atoms with Crippen LogP contribution >= 0.6 is 0 Å². The quantitative estimate of drug-likeness (QED) is 0.166. The maximum atomic E-state index is 6.42. The molecule has 11 aromatic rings. The summed E-state index contributed by atoms with van der Waals surface area (Å²) in [6, 6.07) is 67.2. The second-order valence-electron chi connectivity index (χ2n) is 16.0. The van der Waals surface area contributed by atoms with Gasteiger partial charge in [-0.2, -0.15) is 0 Å². The lowest BCUT2D eigenvalue weighted by Crippen LogP contribution is -2.14. The van der Waals surface area contributed by atoms with Crippen molar-refractivity contribution in [3.05, 3.63) is 193 Å². The van der Waals surface area contributed by atoms with Crippen molar-refractivity contribution in [1.82, 2.24) is 0 Å². The Balaban J connectivity index is 1.08. The van der Waals surface area contributed by atoms with Crippen molar-refractivity contribution in [2.45, 2.75) is 19.3 Å². The first-order valence-corrected chi connectivity index (χ1v) is 19.6. The molecule has 0 saturated heterocycles. The highest BCUT2D eigenvalue weighted by atomic mass is 16.3. The second kappa shape index (κ2) is 11.5. The highest BCUT2D eigenvalue weighted by Crippen LogP contribution is 2.54. The number of hydrogen-bond donors (Lipinski definition) is 0. The summed E-state index contributed by atoms with van der Waals surface area (Å²) in [4.78, 5) is 0. The Kier molecular flexibility index (Phi) is 6.46. The van der Waals surface area contributed by atoms with E-state index in [-0.39, 0.29) is 5.41 Å². The maximum absolute atomic E-state index is 6.42. The van der Waals surface area contributed by atoms with Gasteiger partial charge in [0.1, 0.15) is 11.2 Å². The normalized spacial score (nSPS) is 13.3. The minimum absolute atomic E-state index is 0.134. The Hall–Kier alpha value is -6.96. The molecule has 0 amide bonds. The molecule has 1 aliphatic carbocycles. The average Bonchev–Trinajstić information content (AvgIpc) is 3.74.